The molecule has 3 heterocycles. The van der Waals surface area contributed by atoms with E-state index in [2.05, 4.69) is 21.5 Å². The minimum Gasteiger partial charge on any atom is -0.482 e. The van der Waals surface area contributed by atoms with Crippen molar-refractivity contribution in [1.82, 2.24) is 19.7 Å². The zero-order valence-electron chi connectivity index (χ0n) is 18.6. The molecule has 1 aliphatic rings. The number of pyridine rings is 1. The quantitative estimate of drug-likeness (QED) is 0.600. The first-order chi connectivity index (χ1) is 15.2. The molecule has 32 heavy (non-hydrogen) atoms. The van der Waals surface area contributed by atoms with Crippen LogP contribution >= 0.6 is 0 Å². The summed E-state index contributed by atoms with van der Waals surface area (Å²) in [7, 11) is 7.43. The highest BCUT2D eigenvalue weighted by atomic mass is 19.1. The van der Waals surface area contributed by atoms with Gasteiger partial charge in [-0.15, -0.1) is 0 Å². The van der Waals surface area contributed by atoms with Crippen LogP contribution in [0, 0.1) is 17.1 Å². The molecule has 0 aliphatic carbocycles. The Labute approximate surface area is 185 Å². The maximum absolute atomic E-state index is 14.2. The third-order valence-electron chi connectivity index (χ3n) is 5.54. The van der Waals surface area contributed by atoms with Crippen molar-refractivity contribution in [3.8, 4) is 22.9 Å². The fraction of sp³-hybridized carbons (Fsp3) is 0.318. The highest BCUT2D eigenvalue weighted by Crippen LogP contribution is 2.39. The van der Waals surface area contributed by atoms with Crippen LogP contribution in [-0.4, -0.2) is 47.1 Å². The van der Waals surface area contributed by atoms with Gasteiger partial charge in [0.05, 0.1) is 5.56 Å². The molecule has 2 bridgehead atoms. The number of anilines is 3. The van der Waals surface area contributed by atoms with Gasteiger partial charge in [0.15, 0.2) is 23.7 Å². The van der Waals surface area contributed by atoms with Gasteiger partial charge < -0.3 is 20.7 Å². The van der Waals surface area contributed by atoms with Crippen LogP contribution in [0.2, 0.25) is 0 Å². The standard InChI is InChI=1S/C22H25FN8O/c1-12-15-9-14(23)6-7-16(15)27-22(29(2)3)30(4)21-19(17(10-24)31(5)28-21)13-8-18(32-12)20(25)26-11-13/h6-9,11-12,22,27H,1-5H3,(H2,25,26). The maximum Gasteiger partial charge on any atom is 0.166 e. The second-order valence-electron chi connectivity index (χ2n) is 7.97. The zero-order chi connectivity index (χ0) is 23.2. The number of hydrogen-bond acceptors (Lipinski definition) is 8. The monoisotopic (exact) mass is 436 g/mol. The smallest absolute Gasteiger partial charge is 0.166 e. The first kappa shape index (κ1) is 21.4. The lowest BCUT2D eigenvalue weighted by Crippen LogP contribution is -2.49. The van der Waals surface area contributed by atoms with E-state index in [1.807, 2.05) is 37.9 Å². The molecular formula is C22H25FN8O. The lowest BCUT2D eigenvalue weighted by Gasteiger charge is -2.36. The molecule has 0 saturated carbocycles. The van der Waals surface area contributed by atoms with Gasteiger partial charge in [-0.05, 0) is 45.3 Å². The topological polar surface area (TPSA) is 108 Å². The molecule has 2 atom stereocenters. The predicted molar refractivity (Wildman–Crippen MR) is 121 cm³/mol. The minimum atomic E-state index is -0.524. The normalized spacial score (nSPS) is 17.9. The molecule has 3 N–H and O–H groups in total. The molecule has 0 saturated heterocycles. The Morgan fingerprint density at radius 3 is 2.72 bits per heavy atom. The summed E-state index contributed by atoms with van der Waals surface area (Å²) < 4.78 is 21.8. The number of ether oxygens (including phenoxy) is 1. The number of rotatable bonds is 1. The average Bonchev–Trinajstić information content (AvgIpc) is 3.09. The van der Waals surface area contributed by atoms with Crippen LogP contribution in [-0.2, 0) is 7.05 Å². The van der Waals surface area contributed by atoms with Crippen molar-refractivity contribution in [3.05, 3.63) is 47.5 Å². The van der Waals surface area contributed by atoms with E-state index in [-0.39, 0.29) is 17.9 Å². The van der Waals surface area contributed by atoms with Crippen LogP contribution in [0.3, 0.4) is 0 Å². The van der Waals surface area contributed by atoms with Crippen molar-refractivity contribution in [2.75, 3.05) is 37.1 Å². The van der Waals surface area contributed by atoms with Crippen LogP contribution in [0.1, 0.15) is 24.3 Å². The third-order valence-corrected chi connectivity index (χ3v) is 5.54. The van der Waals surface area contributed by atoms with Crippen LogP contribution in [0.5, 0.6) is 5.75 Å². The first-order valence-corrected chi connectivity index (χ1v) is 10.1. The summed E-state index contributed by atoms with van der Waals surface area (Å²) in [5, 5.41) is 17.9. The first-order valence-electron chi connectivity index (χ1n) is 10.1. The van der Waals surface area contributed by atoms with Crippen molar-refractivity contribution < 1.29 is 9.13 Å². The molecule has 1 aromatic carbocycles. The summed E-state index contributed by atoms with van der Waals surface area (Å²) >= 11 is 0. The van der Waals surface area contributed by atoms with Gasteiger partial charge in [0.25, 0.3) is 0 Å². The van der Waals surface area contributed by atoms with Gasteiger partial charge in [-0.2, -0.15) is 10.4 Å². The Hall–Kier alpha value is -3.84. The summed E-state index contributed by atoms with van der Waals surface area (Å²) in [5.41, 5.74) is 9.07. The summed E-state index contributed by atoms with van der Waals surface area (Å²) in [6.45, 7) is 1.82. The van der Waals surface area contributed by atoms with E-state index >= 15 is 0 Å². The molecule has 10 heteroatoms. The zero-order valence-corrected chi connectivity index (χ0v) is 18.6. The number of nitrogens with zero attached hydrogens (tertiary/aromatic N) is 6. The number of aromatic nitrogens is 3. The van der Waals surface area contributed by atoms with Gasteiger partial charge in [-0.1, -0.05) is 0 Å². The largest absolute Gasteiger partial charge is 0.482 e. The molecule has 0 fully saturated rings. The third kappa shape index (κ3) is 3.56. The number of benzene rings is 1. The highest BCUT2D eigenvalue weighted by molar-refractivity contribution is 5.82. The second-order valence-corrected chi connectivity index (χ2v) is 7.97. The van der Waals surface area contributed by atoms with Crippen molar-refractivity contribution in [2.24, 2.45) is 7.05 Å². The van der Waals surface area contributed by atoms with Crippen LogP contribution in [0.4, 0.5) is 21.7 Å². The molecule has 3 aromatic rings. The lowest BCUT2D eigenvalue weighted by molar-refractivity contribution is 0.227. The van der Waals surface area contributed by atoms with Crippen molar-refractivity contribution in [1.29, 1.82) is 5.26 Å². The van der Waals surface area contributed by atoms with Gasteiger partial charge in [0, 0.05) is 37.1 Å². The molecule has 0 spiro atoms. The van der Waals surface area contributed by atoms with E-state index in [9.17, 15) is 9.65 Å². The second kappa shape index (κ2) is 8.01. The van der Waals surface area contributed by atoms with Crippen molar-refractivity contribution in [2.45, 2.75) is 19.3 Å². The Balaban J connectivity index is 2.01. The van der Waals surface area contributed by atoms with Gasteiger partial charge in [0.1, 0.15) is 23.7 Å². The fourth-order valence-corrected chi connectivity index (χ4v) is 3.92. The number of nitrogen functional groups attached to an aromatic ring is 1. The summed E-state index contributed by atoms with van der Waals surface area (Å²) in [6, 6.07) is 8.49. The lowest BCUT2D eigenvalue weighted by atomic mass is 10.1. The summed E-state index contributed by atoms with van der Waals surface area (Å²) in [6.07, 6.45) is 0.704. The molecule has 166 valence electrons. The minimum absolute atomic E-state index is 0.201. The molecular weight excluding hydrogens is 411 g/mol. The number of fused-ring (bicyclic) bond motifs is 5. The van der Waals surface area contributed by atoms with E-state index in [0.29, 0.717) is 39.6 Å². The molecule has 4 rings (SSSR count). The molecule has 9 nitrogen and oxygen atoms in total. The molecule has 0 radical (unpaired) electrons. The van der Waals surface area contributed by atoms with Gasteiger partial charge >= 0.3 is 0 Å². The van der Waals surface area contributed by atoms with E-state index < -0.39 is 6.10 Å². The van der Waals surface area contributed by atoms with Crippen molar-refractivity contribution >= 4 is 17.3 Å². The number of nitriles is 1. The number of aryl methyl sites for hydroxylation is 1. The Kier molecular flexibility index (Phi) is 5.36. The number of nitrogens with two attached hydrogens (primary N) is 1. The van der Waals surface area contributed by atoms with Gasteiger partial charge in [-0.3, -0.25) is 9.58 Å². The predicted octanol–water partition coefficient (Wildman–Crippen LogP) is 2.92. The van der Waals surface area contributed by atoms with Crippen LogP contribution < -0.4 is 20.7 Å². The molecule has 2 aromatic heterocycles. The molecule has 1 aliphatic heterocycles. The summed E-state index contributed by atoms with van der Waals surface area (Å²) in [4.78, 5) is 8.17. The van der Waals surface area contributed by atoms with Crippen LogP contribution in [0.15, 0.2) is 30.5 Å². The van der Waals surface area contributed by atoms with E-state index in [1.54, 1.807) is 25.4 Å². The SMILES string of the molecule is CC1Oc2cc(cnc2N)-c2c(nn(C)c2C#N)N(C)C(N(C)C)Nc2ccc(F)cc21. The highest BCUT2D eigenvalue weighted by Gasteiger charge is 2.29. The molecule has 2 unspecified atom stereocenters. The Morgan fingerprint density at radius 2 is 2.03 bits per heavy atom. The molecule has 0 amide bonds. The maximum atomic E-state index is 14.2. The van der Waals surface area contributed by atoms with E-state index in [4.69, 9.17) is 10.5 Å². The van der Waals surface area contributed by atoms with E-state index in [0.717, 1.165) is 0 Å². The number of hydrogen-bond donors (Lipinski definition) is 2. The Morgan fingerprint density at radius 1 is 1.28 bits per heavy atom. The Bertz CT molecular complexity index is 1220. The number of nitrogens with one attached hydrogen (secondary N) is 1. The van der Waals surface area contributed by atoms with E-state index in [1.165, 1.54) is 16.8 Å². The van der Waals surface area contributed by atoms with Crippen LogP contribution in [0.25, 0.3) is 11.1 Å². The fourth-order valence-electron chi connectivity index (χ4n) is 3.92. The van der Waals surface area contributed by atoms with Gasteiger partial charge in [0.2, 0.25) is 0 Å². The average molecular weight is 436 g/mol. The van der Waals surface area contributed by atoms with Crippen molar-refractivity contribution in [3.63, 3.8) is 0 Å². The number of halogens is 1. The summed E-state index contributed by atoms with van der Waals surface area (Å²) in [5.74, 6) is 0.752. The van der Waals surface area contributed by atoms with Gasteiger partial charge in [-0.25, -0.2) is 9.37 Å².